The summed E-state index contributed by atoms with van der Waals surface area (Å²) in [6, 6.07) is 7.75. The van der Waals surface area contributed by atoms with E-state index in [4.69, 9.17) is 0 Å². The molecule has 3 heterocycles. The van der Waals surface area contributed by atoms with Crippen LogP contribution in [0.2, 0.25) is 0 Å². The van der Waals surface area contributed by atoms with Gasteiger partial charge in [0.2, 0.25) is 0 Å². The van der Waals surface area contributed by atoms with Crippen LogP contribution in [0, 0.1) is 0 Å². The maximum absolute atomic E-state index is 12.8. The molecule has 0 radical (unpaired) electrons. The molecule has 2 aliphatic heterocycles. The second-order valence-electron chi connectivity index (χ2n) is 6.77. The molecule has 0 saturated carbocycles. The number of hydrogen-bond donors (Lipinski definition) is 1. The Morgan fingerprint density at radius 1 is 1.36 bits per heavy atom. The summed E-state index contributed by atoms with van der Waals surface area (Å²) >= 11 is 1.16. The molecule has 1 saturated heterocycles. The number of rotatable bonds is 2. The predicted molar refractivity (Wildman–Crippen MR) is 94.8 cm³/mol. The van der Waals surface area contributed by atoms with Crippen molar-refractivity contribution in [2.45, 2.75) is 38.1 Å². The largest absolute Gasteiger partial charge is 0.345 e. The van der Waals surface area contributed by atoms with Crippen molar-refractivity contribution in [3.63, 3.8) is 0 Å². The molecule has 1 spiro atoms. The van der Waals surface area contributed by atoms with Crippen molar-refractivity contribution in [1.29, 1.82) is 0 Å². The molecule has 7 heteroatoms. The van der Waals surface area contributed by atoms with Gasteiger partial charge in [0, 0.05) is 18.7 Å². The highest BCUT2D eigenvalue weighted by Gasteiger charge is 2.43. The van der Waals surface area contributed by atoms with Crippen LogP contribution < -0.4 is 5.32 Å². The van der Waals surface area contributed by atoms with Crippen molar-refractivity contribution in [2.75, 3.05) is 13.1 Å². The summed E-state index contributed by atoms with van der Waals surface area (Å²) in [6.45, 7) is 3.17. The molecule has 130 valence electrons. The molecule has 6 nitrogen and oxygen atoms in total. The van der Waals surface area contributed by atoms with Gasteiger partial charge in [0.15, 0.2) is 0 Å². The normalized spacial score (nSPS) is 22.6. The third-order valence-corrected chi connectivity index (χ3v) is 6.00. The number of likely N-dealkylation sites (tertiary alicyclic amines) is 1. The minimum Gasteiger partial charge on any atom is -0.345 e. The number of aryl methyl sites for hydroxylation is 2. The van der Waals surface area contributed by atoms with Gasteiger partial charge in [-0.2, -0.15) is 0 Å². The number of benzene rings is 1. The summed E-state index contributed by atoms with van der Waals surface area (Å²) in [7, 11) is 0. The lowest BCUT2D eigenvalue weighted by Gasteiger charge is -2.28. The summed E-state index contributed by atoms with van der Waals surface area (Å²) in [5.74, 6) is -0.0455. The summed E-state index contributed by atoms with van der Waals surface area (Å²) in [4.78, 5) is 27.9. The Bertz CT molecular complexity index is 834. The number of carbonyl (C=O) groups is 2. The van der Waals surface area contributed by atoms with E-state index in [0.717, 1.165) is 47.6 Å². The average Bonchev–Trinajstić information content (AvgIpc) is 3.24. The smallest absolute Gasteiger partial charge is 0.267 e. The van der Waals surface area contributed by atoms with Gasteiger partial charge < -0.3 is 10.2 Å². The standard InChI is InChI=1S/C18H20N4O2S/c1-2-14-15(25-21-20-14)17(24)22-10-9-18(11-22)8-7-12-5-3-4-6-13(12)16(23)19-18/h3-6H,2,7-11H2,1H3,(H,19,23). The van der Waals surface area contributed by atoms with Crippen LogP contribution in [0.5, 0.6) is 0 Å². The van der Waals surface area contributed by atoms with Gasteiger partial charge in [-0.15, -0.1) is 5.10 Å². The number of carbonyl (C=O) groups excluding carboxylic acids is 2. The monoisotopic (exact) mass is 356 g/mol. The van der Waals surface area contributed by atoms with Crippen molar-refractivity contribution in [3.8, 4) is 0 Å². The third-order valence-electron chi connectivity index (χ3n) is 5.24. The lowest BCUT2D eigenvalue weighted by Crippen LogP contribution is -2.50. The van der Waals surface area contributed by atoms with Gasteiger partial charge in [0.25, 0.3) is 11.8 Å². The van der Waals surface area contributed by atoms with Crippen molar-refractivity contribution >= 4 is 23.3 Å². The molecule has 1 fully saturated rings. The fraction of sp³-hybridized carbons (Fsp3) is 0.444. The van der Waals surface area contributed by atoms with Gasteiger partial charge in [-0.25, -0.2) is 0 Å². The van der Waals surface area contributed by atoms with E-state index in [2.05, 4.69) is 14.9 Å². The zero-order valence-corrected chi connectivity index (χ0v) is 14.9. The van der Waals surface area contributed by atoms with E-state index in [-0.39, 0.29) is 17.4 Å². The number of hydrogen-bond acceptors (Lipinski definition) is 5. The first-order valence-corrected chi connectivity index (χ1v) is 9.40. The number of amides is 2. The molecule has 2 amide bonds. The van der Waals surface area contributed by atoms with E-state index >= 15 is 0 Å². The molecule has 1 N–H and O–H groups in total. The number of fused-ring (bicyclic) bond motifs is 1. The first-order valence-electron chi connectivity index (χ1n) is 8.63. The molecule has 1 aromatic carbocycles. The van der Waals surface area contributed by atoms with Crippen molar-refractivity contribution < 1.29 is 9.59 Å². The van der Waals surface area contributed by atoms with E-state index in [1.807, 2.05) is 36.1 Å². The maximum atomic E-state index is 12.8. The van der Waals surface area contributed by atoms with Crippen molar-refractivity contribution in [3.05, 3.63) is 46.0 Å². The molecular formula is C18H20N4O2S. The third kappa shape index (κ3) is 2.82. The fourth-order valence-electron chi connectivity index (χ4n) is 3.80. The zero-order chi connectivity index (χ0) is 17.4. The van der Waals surface area contributed by atoms with Crippen LogP contribution in [-0.4, -0.2) is 44.9 Å². The van der Waals surface area contributed by atoms with Gasteiger partial charge in [0.05, 0.1) is 11.2 Å². The van der Waals surface area contributed by atoms with Gasteiger partial charge in [-0.05, 0) is 48.8 Å². The highest BCUT2D eigenvalue weighted by molar-refractivity contribution is 7.08. The summed E-state index contributed by atoms with van der Waals surface area (Å²) in [5, 5.41) is 7.25. The first-order chi connectivity index (χ1) is 12.1. The predicted octanol–water partition coefficient (Wildman–Crippen LogP) is 2.06. The SMILES string of the molecule is CCc1nnsc1C(=O)N1CCC2(CCc3ccccc3C(=O)N2)C1. The fourth-order valence-corrected chi connectivity index (χ4v) is 4.52. The Kier molecular flexibility index (Phi) is 4.03. The second kappa shape index (κ2) is 6.22. The van der Waals surface area contributed by atoms with Crippen LogP contribution in [0.3, 0.4) is 0 Å². The second-order valence-corrected chi connectivity index (χ2v) is 7.52. The molecular weight excluding hydrogens is 336 g/mol. The van der Waals surface area contributed by atoms with E-state index in [0.29, 0.717) is 24.4 Å². The van der Waals surface area contributed by atoms with E-state index < -0.39 is 0 Å². The van der Waals surface area contributed by atoms with E-state index in [1.54, 1.807) is 0 Å². The van der Waals surface area contributed by atoms with Crippen LogP contribution in [0.4, 0.5) is 0 Å². The van der Waals surface area contributed by atoms with Gasteiger partial charge in [0.1, 0.15) is 4.88 Å². The summed E-state index contributed by atoms with van der Waals surface area (Å²) < 4.78 is 3.92. The van der Waals surface area contributed by atoms with Crippen LogP contribution in [0.25, 0.3) is 0 Å². The highest BCUT2D eigenvalue weighted by Crippen LogP contribution is 2.32. The summed E-state index contributed by atoms with van der Waals surface area (Å²) in [5.41, 5.74) is 2.26. The number of aromatic nitrogens is 2. The van der Waals surface area contributed by atoms with E-state index in [9.17, 15) is 9.59 Å². The summed E-state index contributed by atoms with van der Waals surface area (Å²) in [6.07, 6.45) is 3.18. The average molecular weight is 356 g/mol. The quantitative estimate of drug-likeness (QED) is 0.894. The molecule has 4 rings (SSSR count). The minimum atomic E-state index is -0.337. The molecule has 25 heavy (non-hydrogen) atoms. The Labute approximate surface area is 150 Å². The Morgan fingerprint density at radius 2 is 2.20 bits per heavy atom. The Balaban J connectivity index is 1.54. The zero-order valence-electron chi connectivity index (χ0n) is 14.1. The number of nitrogens with one attached hydrogen (secondary N) is 1. The minimum absolute atomic E-state index is 0.0141. The van der Waals surface area contributed by atoms with Crippen molar-refractivity contribution in [2.24, 2.45) is 0 Å². The van der Waals surface area contributed by atoms with E-state index in [1.165, 1.54) is 0 Å². The Morgan fingerprint density at radius 3 is 3.04 bits per heavy atom. The molecule has 1 aromatic heterocycles. The van der Waals surface area contributed by atoms with Crippen molar-refractivity contribution in [1.82, 2.24) is 19.8 Å². The lowest BCUT2D eigenvalue weighted by atomic mass is 9.91. The maximum Gasteiger partial charge on any atom is 0.267 e. The van der Waals surface area contributed by atoms with Crippen LogP contribution >= 0.6 is 11.5 Å². The van der Waals surface area contributed by atoms with Gasteiger partial charge in [-0.3, -0.25) is 9.59 Å². The molecule has 1 atom stereocenters. The molecule has 1 unspecified atom stereocenters. The van der Waals surface area contributed by atoms with Crippen LogP contribution in [0.1, 0.15) is 51.1 Å². The van der Waals surface area contributed by atoms with Crippen LogP contribution in [-0.2, 0) is 12.8 Å². The molecule has 2 aromatic rings. The molecule has 0 aliphatic carbocycles. The topological polar surface area (TPSA) is 75.2 Å². The molecule has 0 bridgehead atoms. The number of nitrogens with zero attached hydrogens (tertiary/aromatic N) is 3. The Hall–Kier alpha value is -2.28. The molecule has 2 aliphatic rings. The van der Waals surface area contributed by atoms with Gasteiger partial charge >= 0.3 is 0 Å². The van der Waals surface area contributed by atoms with Crippen LogP contribution in [0.15, 0.2) is 24.3 Å². The highest BCUT2D eigenvalue weighted by atomic mass is 32.1. The lowest BCUT2D eigenvalue weighted by molar-refractivity contribution is 0.0767. The first kappa shape index (κ1) is 16.2. The van der Waals surface area contributed by atoms with Gasteiger partial charge in [-0.1, -0.05) is 29.6 Å².